The highest BCUT2D eigenvalue weighted by molar-refractivity contribution is 5.92. The molecule has 0 radical (unpaired) electrons. The van der Waals surface area contributed by atoms with Crippen LogP contribution in [0.15, 0.2) is 65.5 Å². The number of hydrogen-bond acceptors (Lipinski definition) is 8. The average molecular weight is 530 g/mol. The van der Waals surface area contributed by atoms with Crippen LogP contribution >= 0.6 is 0 Å². The van der Waals surface area contributed by atoms with E-state index in [2.05, 4.69) is 32.1 Å². The van der Waals surface area contributed by atoms with Crippen molar-refractivity contribution in [3.05, 3.63) is 71.0 Å². The van der Waals surface area contributed by atoms with Gasteiger partial charge in [0.05, 0.1) is 19.7 Å². The second-order valence-corrected chi connectivity index (χ2v) is 9.34. The molecule has 1 aliphatic rings. The van der Waals surface area contributed by atoms with Gasteiger partial charge in [-0.15, -0.1) is 0 Å². The normalized spacial score (nSPS) is 13.8. The second kappa shape index (κ2) is 11.4. The number of aromatic amines is 1. The van der Waals surface area contributed by atoms with Gasteiger partial charge in [0.15, 0.2) is 6.61 Å². The summed E-state index contributed by atoms with van der Waals surface area (Å²) in [4.78, 5) is 37.3. The van der Waals surface area contributed by atoms with Crippen LogP contribution in [0.25, 0.3) is 22.3 Å². The number of benzene rings is 3. The fourth-order valence-electron chi connectivity index (χ4n) is 4.50. The first-order valence-electron chi connectivity index (χ1n) is 12.7. The standard InChI is InChI=1S/C29H31N5O5/c1-33-12-14-34(15-13-33)21-8-6-20(7-9-21)30-26(35)18-39-22-10-4-19(5-11-22)28-31-24-16-23(37-2)17-25(38-3)27(24)29(36)32-28/h4-11,16-17H,12-15,18H2,1-3H3,(H,30,35)(H,31,32,36). The Morgan fingerprint density at radius 1 is 0.949 bits per heavy atom. The van der Waals surface area contributed by atoms with Crippen LogP contribution in [0.4, 0.5) is 11.4 Å². The van der Waals surface area contributed by atoms with E-state index in [1.54, 1.807) is 43.5 Å². The molecular weight excluding hydrogens is 498 g/mol. The highest BCUT2D eigenvalue weighted by Gasteiger charge is 2.15. The Balaban J connectivity index is 1.20. The minimum Gasteiger partial charge on any atom is -0.497 e. The van der Waals surface area contributed by atoms with Gasteiger partial charge in [-0.2, -0.15) is 0 Å². The molecule has 10 heteroatoms. The number of anilines is 2. The lowest BCUT2D eigenvalue weighted by Crippen LogP contribution is -2.44. The quantitative estimate of drug-likeness (QED) is 0.358. The van der Waals surface area contributed by atoms with Crippen LogP contribution in [0.2, 0.25) is 0 Å². The third-order valence-electron chi connectivity index (χ3n) is 6.72. The summed E-state index contributed by atoms with van der Waals surface area (Å²) in [6.45, 7) is 3.93. The van der Waals surface area contributed by atoms with Crippen molar-refractivity contribution >= 4 is 28.2 Å². The topological polar surface area (TPSA) is 109 Å². The lowest BCUT2D eigenvalue weighted by molar-refractivity contribution is -0.118. The smallest absolute Gasteiger partial charge is 0.262 e. The molecule has 1 saturated heterocycles. The molecule has 0 bridgehead atoms. The highest BCUT2D eigenvalue weighted by Crippen LogP contribution is 2.29. The summed E-state index contributed by atoms with van der Waals surface area (Å²) in [6.07, 6.45) is 0. The van der Waals surface area contributed by atoms with Gasteiger partial charge in [0.2, 0.25) is 0 Å². The Morgan fingerprint density at radius 3 is 2.33 bits per heavy atom. The molecule has 2 heterocycles. The van der Waals surface area contributed by atoms with E-state index in [1.165, 1.54) is 7.11 Å². The van der Waals surface area contributed by atoms with Gasteiger partial charge < -0.3 is 34.3 Å². The number of nitrogens with zero attached hydrogens (tertiary/aromatic N) is 3. The van der Waals surface area contributed by atoms with Crippen LogP contribution in [0.3, 0.4) is 0 Å². The van der Waals surface area contributed by atoms with Crippen LogP contribution < -0.4 is 30.0 Å². The summed E-state index contributed by atoms with van der Waals surface area (Å²) < 4.78 is 16.3. The maximum Gasteiger partial charge on any atom is 0.262 e. The number of piperazine rings is 1. The van der Waals surface area contributed by atoms with Gasteiger partial charge in [-0.3, -0.25) is 9.59 Å². The molecular formula is C29H31N5O5. The molecule has 0 spiro atoms. The van der Waals surface area contributed by atoms with Crippen molar-refractivity contribution < 1.29 is 19.0 Å². The first-order chi connectivity index (χ1) is 18.9. The second-order valence-electron chi connectivity index (χ2n) is 9.34. The molecule has 10 nitrogen and oxygen atoms in total. The number of H-pyrrole nitrogens is 1. The van der Waals surface area contributed by atoms with E-state index in [-0.39, 0.29) is 18.1 Å². The average Bonchev–Trinajstić information content (AvgIpc) is 2.96. The molecule has 39 heavy (non-hydrogen) atoms. The van der Waals surface area contributed by atoms with Crippen LogP contribution in [-0.2, 0) is 4.79 Å². The number of aromatic nitrogens is 2. The minimum atomic E-state index is -0.317. The van der Waals surface area contributed by atoms with Gasteiger partial charge in [-0.05, 0) is 55.6 Å². The van der Waals surface area contributed by atoms with E-state index in [4.69, 9.17) is 14.2 Å². The summed E-state index contributed by atoms with van der Waals surface area (Å²) in [7, 11) is 5.16. The number of rotatable bonds is 8. The lowest BCUT2D eigenvalue weighted by Gasteiger charge is -2.34. The van der Waals surface area contributed by atoms with Crippen molar-refractivity contribution in [3.8, 4) is 28.6 Å². The zero-order valence-corrected chi connectivity index (χ0v) is 22.2. The molecule has 0 atom stereocenters. The molecule has 1 fully saturated rings. The van der Waals surface area contributed by atoms with Crippen molar-refractivity contribution in [1.82, 2.24) is 14.9 Å². The lowest BCUT2D eigenvalue weighted by atomic mass is 10.1. The molecule has 1 aromatic heterocycles. The van der Waals surface area contributed by atoms with Crippen molar-refractivity contribution in [3.63, 3.8) is 0 Å². The van der Waals surface area contributed by atoms with Gasteiger partial charge >= 0.3 is 0 Å². The Morgan fingerprint density at radius 2 is 1.67 bits per heavy atom. The van der Waals surface area contributed by atoms with Gasteiger partial charge in [-0.1, -0.05) is 0 Å². The molecule has 202 valence electrons. The number of likely N-dealkylation sites (N-methyl/N-ethyl adjacent to an activating group) is 1. The zero-order valence-electron chi connectivity index (χ0n) is 22.2. The molecule has 5 rings (SSSR count). The molecule has 0 saturated carbocycles. The molecule has 1 aliphatic heterocycles. The number of methoxy groups -OCH3 is 2. The predicted molar refractivity (Wildman–Crippen MR) is 151 cm³/mol. The van der Waals surface area contributed by atoms with E-state index in [1.807, 2.05) is 24.3 Å². The minimum absolute atomic E-state index is 0.135. The Hall–Kier alpha value is -4.57. The summed E-state index contributed by atoms with van der Waals surface area (Å²) in [5.41, 5.74) is 2.70. The fourth-order valence-corrected chi connectivity index (χ4v) is 4.50. The largest absolute Gasteiger partial charge is 0.497 e. The monoisotopic (exact) mass is 529 g/mol. The van der Waals surface area contributed by atoms with Crippen LogP contribution in [0.5, 0.6) is 17.2 Å². The van der Waals surface area contributed by atoms with Gasteiger partial charge in [0, 0.05) is 55.2 Å². The van der Waals surface area contributed by atoms with Crippen LogP contribution in [0, 0.1) is 0 Å². The van der Waals surface area contributed by atoms with E-state index in [9.17, 15) is 9.59 Å². The van der Waals surface area contributed by atoms with Gasteiger partial charge in [0.1, 0.15) is 28.5 Å². The van der Waals surface area contributed by atoms with Gasteiger partial charge in [0.25, 0.3) is 11.5 Å². The number of nitrogens with one attached hydrogen (secondary N) is 2. The third kappa shape index (κ3) is 5.96. The number of carbonyl (C=O) groups is 1. The molecule has 0 aliphatic carbocycles. The summed E-state index contributed by atoms with van der Waals surface area (Å²) in [6, 6.07) is 18.2. The molecule has 4 aromatic rings. The molecule has 2 N–H and O–H groups in total. The van der Waals surface area contributed by atoms with E-state index in [0.29, 0.717) is 39.5 Å². The number of fused-ring (bicyclic) bond motifs is 1. The fraction of sp³-hybridized carbons (Fsp3) is 0.276. The first kappa shape index (κ1) is 26.1. The molecule has 3 aromatic carbocycles. The van der Waals surface area contributed by atoms with Gasteiger partial charge in [-0.25, -0.2) is 4.98 Å². The maximum atomic E-state index is 12.8. The zero-order chi connectivity index (χ0) is 27.4. The number of ether oxygens (including phenoxy) is 3. The van der Waals surface area contributed by atoms with E-state index >= 15 is 0 Å². The molecule has 1 amide bonds. The number of hydrogen-bond donors (Lipinski definition) is 2. The SMILES string of the molecule is COc1cc(OC)c2c(=O)[nH]c(-c3ccc(OCC(=O)Nc4ccc(N5CCN(C)CC5)cc4)cc3)nc2c1. The number of carbonyl (C=O) groups excluding carboxylic acids is 1. The Bertz CT molecular complexity index is 1510. The van der Waals surface area contributed by atoms with Crippen molar-refractivity contribution in [2.45, 2.75) is 0 Å². The summed E-state index contributed by atoms with van der Waals surface area (Å²) >= 11 is 0. The highest BCUT2D eigenvalue weighted by atomic mass is 16.5. The Labute approximate surface area is 226 Å². The van der Waals surface area contributed by atoms with Crippen molar-refractivity contribution in [2.24, 2.45) is 0 Å². The number of amides is 1. The first-order valence-corrected chi connectivity index (χ1v) is 12.7. The third-order valence-corrected chi connectivity index (χ3v) is 6.72. The van der Waals surface area contributed by atoms with E-state index in [0.717, 1.165) is 37.6 Å². The Kier molecular flexibility index (Phi) is 7.64. The molecule has 0 unspecified atom stereocenters. The van der Waals surface area contributed by atoms with Crippen molar-refractivity contribution in [2.75, 3.05) is 64.3 Å². The van der Waals surface area contributed by atoms with Crippen LogP contribution in [-0.4, -0.2) is 74.8 Å². The maximum absolute atomic E-state index is 12.8. The van der Waals surface area contributed by atoms with Crippen molar-refractivity contribution in [1.29, 1.82) is 0 Å². The summed E-state index contributed by atoms with van der Waals surface area (Å²) in [5.74, 6) is 1.59. The summed E-state index contributed by atoms with van der Waals surface area (Å²) in [5, 5.41) is 3.22. The van der Waals surface area contributed by atoms with Crippen LogP contribution in [0.1, 0.15) is 0 Å². The van der Waals surface area contributed by atoms with E-state index < -0.39 is 0 Å². The predicted octanol–water partition coefficient (Wildman–Crippen LogP) is 3.38.